The van der Waals surface area contributed by atoms with Crippen LogP contribution in [-0.2, 0) is 24.2 Å². The van der Waals surface area contributed by atoms with Crippen LogP contribution >= 0.6 is 0 Å². The van der Waals surface area contributed by atoms with Gasteiger partial charge in [0.1, 0.15) is 0 Å². The summed E-state index contributed by atoms with van der Waals surface area (Å²) in [5.74, 6) is 0.145. The Balaban J connectivity index is 1.34. The van der Waals surface area contributed by atoms with Gasteiger partial charge in [0.15, 0.2) is 5.65 Å². The summed E-state index contributed by atoms with van der Waals surface area (Å²) in [6, 6.07) is 11.9. The van der Waals surface area contributed by atoms with Gasteiger partial charge in [-0.25, -0.2) is 9.50 Å². The Morgan fingerprint density at radius 2 is 1.88 bits per heavy atom. The predicted molar refractivity (Wildman–Crippen MR) is 130 cm³/mol. The number of carbonyl (C=O) groups is 1. The van der Waals surface area contributed by atoms with Crippen LogP contribution in [0.15, 0.2) is 30.3 Å². The van der Waals surface area contributed by atoms with Crippen LogP contribution in [0.1, 0.15) is 78.8 Å². The molecule has 1 atom stereocenters. The lowest BCUT2D eigenvalue weighted by Crippen LogP contribution is -2.25. The molecule has 1 N–H and O–H groups in total. The predicted octanol–water partition coefficient (Wildman–Crippen LogP) is 4.46. The number of hydrogen-bond donors (Lipinski definition) is 1. The molecule has 0 bridgehead atoms. The van der Waals surface area contributed by atoms with Gasteiger partial charge < -0.3 is 5.32 Å². The summed E-state index contributed by atoms with van der Waals surface area (Å²) in [4.78, 5) is 19.6. The first-order valence-electron chi connectivity index (χ1n) is 12.5. The maximum Gasteiger partial charge on any atom is 0.220 e. The molecular weight excluding hydrogens is 410 g/mol. The molecule has 6 nitrogen and oxygen atoms in total. The highest BCUT2D eigenvalue weighted by Gasteiger charge is 2.29. The Morgan fingerprint density at radius 1 is 1.12 bits per heavy atom. The number of hydrogen-bond acceptors (Lipinski definition) is 4. The van der Waals surface area contributed by atoms with Gasteiger partial charge in [-0.15, -0.1) is 0 Å². The molecule has 2 aliphatic rings. The molecule has 1 unspecified atom stereocenters. The molecule has 3 aromatic rings. The van der Waals surface area contributed by atoms with Crippen LogP contribution in [0.3, 0.4) is 0 Å². The Bertz CT molecular complexity index is 1150. The second kappa shape index (κ2) is 9.26. The van der Waals surface area contributed by atoms with Crippen LogP contribution in [0, 0.1) is 13.8 Å². The smallest absolute Gasteiger partial charge is 0.220 e. The maximum atomic E-state index is 12.2. The zero-order valence-corrected chi connectivity index (χ0v) is 20.1. The third-order valence-electron chi connectivity index (χ3n) is 7.25. The number of rotatable bonds is 8. The lowest BCUT2D eigenvalue weighted by atomic mass is 10.1. The number of nitrogens with zero attached hydrogens (tertiary/aromatic N) is 4. The van der Waals surface area contributed by atoms with E-state index < -0.39 is 0 Å². The Labute approximate surface area is 196 Å². The van der Waals surface area contributed by atoms with Gasteiger partial charge in [-0.3, -0.25) is 9.69 Å². The summed E-state index contributed by atoms with van der Waals surface area (Å²) in [6.45, 7) is 8.40. The molecule has 1 aliphatic heterocycles. The summed E-state index contributed by atoms with van der Waals surface area (Å²) in [5.41, 5.74) is 8.01. The normalized spacial score (nSPS) is 18.8. The fourth-order valence-electron chi connectivity index (χ4n) is 5.10. The van der Waals surface area contributed by atoms with E-state index in [1.165, 1.54) is 17.5 Å². The Morgan fingerprint density at radius 3 is 2.61 bits per heavy atom. The molecule has 1 saturated heterocycles. The standard InChI is InChI=1S/C27H35N5O/c1-4-20-7-9-21(10-8-20)17-31-15-5-6-25(31)24-16-26-28-18(2)23(19(3)32(26)30-24)13-14-27(33)29-22-11-12-22/h7-10,16,22,25H,4-6,11-15,17H2,1-3H3,(H,29,33). The van der Waals surface area contributed by atoms with E-state index in [4.69, 9.17) is 10.1 Å². The molecule has 1 saturated carbocycles. The number of amides is 1. The van der Waals surface area contributed by atoms with Crippen LogP contribution in [0.25, 0.3) is 5.65 Å². The topological polar surface area (TPSA) is 62.5 Å². The lowest BCUT2D eigenvalue weighted by Gasteiger charge is -2.23. The van der Waals surface area contributed by atoms with Crippen molar-refractivity contribution >= 4 is 11.6 Å². The SMILES string of the molecule is CCc1ccc(CN2CCCC2c2cc3nc(C)c(CCC(=O)NC4CC4)c(C)n3n2)cc1. The minimum atomic E-state index is 0.145. The molecule has 174 valence electrons. The van der Waals surface area contributed by atoms with E-state index in [0.717, 1.165) is 67.1 Å². The fourth-order valence-corrected chi connectivity index (χ4v) is 5.10. The summed E-state index contributed by atoms with van der Waals surface area (Å²) in [5, 5.41) is 8.10. The van der Waals surface area contributed by atoms with Crippen LogP contribution in [-0.4, -0.2) is 38.0 Å². The molecule has 2 fully saturated rings. The number of aryl methyl sites for hydroxylation is 3. The zero-order valence-electron chi connectivity index (χ0n) is 20.1. The number of likely N-dealkylation sites (tertiary alicyclic amines) is 1. The summed E-state index contributed by atoms with van der Waals surface area (Å²) in [6.07, 6.45) is 6.85. The lowest BCUT2D eigenvalue weighted by molar-refractivity contribution is -0.121. The van der Waals surface area contributed by atoms with Gasteiger partial charge in [-0.1, -0.05) is 31.2 Å². The molecule has 1 amide bonds. The monoisotopic (exact) mass is 445 g/mol. The molecule has 5 rings (SSSR count). The molecule has 1 aromatic carbocycles. The largest absolute Gasteiger partial charge is 0.353 e. The number of carbonyl (C=O) groups excluding carboxylic acids is 1. The Kier molecular flexibility index (Phi) is 6.19. The van der Waals surface area contributed by atoms with E-state index in [-0.39, 0.29) is 5.91 Å². The van der Waals surface area contributed by atoms with Crippen molar-refractivity contribution in [2.45, 2.75) is 84.3 Å². The molecule has 3 heterocycles. The summed E-state index contributed by atoms with van der Waals surface area (Å²) >= 11 is 0. The number of aromatic nitrogens is 3. The first kappa shape index (κ1) is 22.1. The molecule has 6 heteroatoms. The van der Waals surface area contributed by atoms with Gasteiger partial charge in [0.05, 0.1) is 11.7 Å². The van der Waals surface area contributed by atoms with Crippen LogP contribution < -0.4 is 5.32 Å². The molecular formula is C27H35N5O. The number of nitrogens with one attached hydrogen (secondary N) is 1. The van der Waals surface area contributed by atoms with Gasteiger partial charge >= 0.3 is 0 Å². The zero-order chi connectivity index (χ0) is 22.9. The van der Waals surface area contributed by atoms with Gasteiger partial charge in [0.25, 0.3) is 0 Å². The minimum absolute atomic E-state index is 0.145. The number of benzene rings is 1. The molecule has 1 aliphatic carbocycles. The highest BCUT2D eigenvalue weighted by Crippen LogP contribution is 2.33. The van der Waals surface area contributed by atoms with Crippen molar-refractivity contribution in [2.24, 2.45) is 0 Å². The van der Waals surface area contributed by atoms with Crippen molar-refractivity contribution in [1.82, 2.24) is 24.8 Å². The summed E-state index contributed by atoms with van der Waals surface area (Å²) in [7, 11) is 0. The van der Waals surface area contributed by atoms with Gasteiger partial charge in [-0.05, 0) is 75.6 Å². The first-order valence-corrected chi connectivity index (χ1v) is 12.5. The molecule has 0 radical (unpaired) electrons. The van der Waals surface area contributed by atoms with E-state index >= 15 is 0 Å². The first-order chi connectivity index (χ1) is 16.0. The van der Waals surface area contributed by atoms with Crippen molar-refractivity contribution in [3.05, 3.63) is 64.1 Å². The third-order valence-corrected chi connectivity index (χ3v) is 7.25. The van der Waals surface area contributed by atoms with E-state index in [1.54, 1.807) is 0 Å². The van der Waals surface area contributed by atoms with Gasteiger partial charge in [0.2, 0.25) is 5.91 Å². The minimum Gasteiger partial charge on any atom is -0.353 e. The van der Waals surface area contributed by atoms with Gasteiger partial charge in [0, 0.05) is 36.5 Å². The molecule has 0 spiro atoms. The second-order valence-electron chi connectivity index (χ2n) is 9.74. The van der Waals surface area contributed by atoms with E-state index in [9.17, 15) is 4.79 Å². The van der Waals surface area contributed by atoms with E-state index in [2.05, 4.69) is 61.3 Å². The van der Waals surface area contributed by atoms with Crippen molar-refractivity contribution in [3.63, 3.8) is 0 Å². The van der Waals surface area contributed by atoms with Crippen LogP contribution in [0.5, 0.6) is 0 Å². The number of fused-ring (bicyclic) bond motifs is 1. The van der Waals surface area contributed by atoms with Crippen LogP contribution in [0.2, 0.25) is 0 Å². The van der Waals surface area contributed by atoms with Gasteiger partial charge in [-0.2, -0.15) is 5.10 Å². The average Bonchev–Trinajstić information content (AvgIpc) is 3.32. The van der Waals surface area contributed by atoms with E-state index in [1.807, 2.05) is 4.52 Å². The van der Waals surface area contributed by atoms with Crippen molar-refractivity contribution in [2.75, 3.05) is 6.54 Å². The quantitative estimate of drug-likeness (QED) is 0.556. The Hall–Kier alpha value is -2.73. The molecule has 2 aromatic heterocycles. The molecule has 33 heavy (non-hydrogen) atoms. The van der Waals surface area contributed by atoms with Crippen molar-refractivity contribution in [1.29, 1.82) is 0 Å². The highest BCUT2D eigenvalue weighted by atomic mass is 16.1. The second-order valence-corrected chi connectivity index (χ2v) is 9.74. The van der Waals surface area contributed by atoms with Crippen LogP contribution in [0.4, 0.5) is 0 Å². The highest BCUT2D eigenvalue weighted by molar-refractivity contribution is 5.76. The average molecular weight is 446 g/mol. The van der Waals surface area contributed by atoms with E-state index in [0.29, 0.717) is 24.9 Å². The summed E-state index contributed by atoms with van der Waals surface area (Å²) < 4.78 is 1.99. The van der Waals surface area contributed by atoms with Crippen molar-refractivity contribution < 1.29 is 4.79 Å². The third kappa shape index (κ3) is 4.81. The van der Waals surface area contributed by atoms with Crippen molar-refractivity contribution in [3.8, 4) is 0 Å². The maximum absolute atomic E-state index is 12.2. The fraction of sp³-hybridized carbons (Fsp3) is 0.519.